The molecule has 1 N–H and O–H groups in total. The number of ether oxygens (including phenoxy) is 2. The second kappa shape index (κ2) is 11.5. The van der Waals surface area contributed by atoms with Gasteiger partial charge in [0.25, 0.3) is 5.91 Å². The number of morpholine rings is 1. The first-order valence-electron chi connectivity index (χ1n) is 11.1. The molecule has 32 heavy (non-hydrogen) atoms. The number of nitrogens with zero attached hydrogens (tertiary/aromatic N) is 2. The molecule has 1 aliphatic heterocycles. The van der Waals surface area contributed by atoms with Crippen LogP contribution in [0.25, 0.3) is 0 Å². The molecule has 1 saturated heterocycles. The van der Waals surface area contributed by atoms with Crippen molar-refractivity contribution in [1.29, 1.82) is 0 Å². The lowest BCUT2D eigenvalue weighted by Crippen LogP contribution is -2.53. The summed E-state index contributed by atoms with van der Waals surface area (Å²) in [6, 6.07) is 16.8. The van der Waals surface area contributed by atoms with Gasteiger partial charge in [0.1, 0.15) is 5.75 Å². The standard InChI is InChI=1S/C25H33N3O4/c1-19(2)16-28(24(29)21-9-11-22(31-3)12-10-21)18-23-17-27(13-14-32-23)25(30)26-15-20-7-5-4-6-8-20/h4-12,19,23H,13-18H2,1-3H3,(H,26,30). The number of methoxy groups -OCH3 is 1. The topological polar surface area (TPSA) is 71.1 Å². The van der Waals surface area contributed by atoms with Crippen LogP contribution >= 0.6 is 0 Å². The Balaban J connectivity index is 1.60. The van der Waals surface area contributed by atoms with Crippen molar-refractivity contribution in [3.63, 3.8) is 0 Å². The van der Waals surface area contributed by atoms with Gasteiger partial charge in [-0.05, 0) is 35.7 Å². The van der Waals surface area contributed by atoms with E-state index in [2.05, 4.69) is 19.2 Å². The van der Waals surface area contributed by atoms with Crippen LogP contribution in [0.3, 0.4) is 0 Å². The maximum Gasteiger partial charge on any atom is 0.317 e. The lowest BCUT2D eigenvalue weighted by molar-refractivity contribution is -0.0287. The highest BCUT2D eigenvalue weighted by molar-refractivity contribution is 5.94. The number of amides is 3. The minimum Gasteiger partial charge on any atom is -0.497 e. The lowest BCUT2D eigenvalue weighted by Gasteiger charge is -2.36. The van der Waals surface area contributed by atoms with E-state index in [1.807, 2.05) is 35.2 Å². The van der Waals surface area contributed by atoms with E-state index in [0.717, 1.165) is 5.56 Å². The Morgan fingerprint density at radius 2 is 1.88 bits per heavy atom. The summed E-state index contributed by atoms with van der Waals surface area (Å²) in [5.41, 5.74) is 1.67. The van der Waals surface area contributed by atoms with Gasteiger partial charge in [0, 0.05) is 31.7 Å². The molecule has 0 aliphatic carbocycles. The zero-order valence-electron chi connectivity index (χ0n) is 19.1. The zero-order valence-corrected chi connectivity index (χ0v) is 19.1. The SMILES string of the molecule is COc1ccc(C(=O)N(CC(C)C)CC2CN(C(=O)NCc3ccccc3)CCO2)cc1. The Bertz CT molecular complexity index is 871. The van der Waals surface area contributed by atoms with Crippen LogP contribution in [0.15, 0.2) is 54.6 Å². The molecule has 1 heterocycles. The molecule has 2 aromatic rings. The smallest absolute Gasteiger partial charge is 0.317 e. The van der Waals surface area contributed by atoms with Gasteiger partial charge < -0.3 is 24.6 Å². The molecule has 3 amide bonds. The van der Waals surface area contributed by atoms with E-state index in [1.165, 1.54) is 0 Å². The maximum atomic E-state index is 13.2. The third kappa shape index (κ3) is 6.72. The minimum absolute atomic E-state index is 0.0457. The molecule has 172 valence electrons. The molecule has 1 unspecified atom stereocenters. The Labute approximate surface area is 190 Å². The summed E-state index contributed by atoms with van der Waals surface area (Å²) >= 11 is 0. The fourth-order valence-electron chi connectivity index (χ4n) is 3.74. The molecular formula is C25H33N3O4. The number of urea groups is 1. The monoisotopic (exact) mass is 439 g/mol. The Morgan fingerprint density at radius 1 is 1.16 bits per heavy atom. The molecule has 7 heteroatoms. The molecular weight excluding hydrogens is 406 g/mol. The predicted octanol–water partition coefficient (Wildman–Crippen LogP) is 3.40. The average Bonchev–Trinajstić information content (AvgIpc) is 2.82. The minimum atomic E-state index is -0.229. The molecule has 0 bridgehead atoms. The van der Waals surface area contributed by atoms with Gasteiger partial charge in [-0.25, -0.2) is 4.79 Å². The number of benzene rings is 2. The number of nitrogens with one attached hydrogen (secondary N) is 1. The van der Waals surface area contributed by atoms with Crippen LogP contribution in [-0.2, 0) is 11.3 Å². The molecule has 0 spiro atoms. The molecule has 3 rings (SSSR count). The Kier molecular flexibility index (Phi) is 8.50. The highest BCUT2D eigenvalue weighted by Gasteiger charge is 2.28. The normalized spacial score (nSPS) is 16.0. The van der Waals surface area contributed by atoms with E-state index < -0.39 is 0 Å². The molecule has 1 atom stereocenters. The summed E-state index contributed by atoms with van der Waals surface area (Å²) < 4.78 is 11.1. The third-order valence-electron chi connectivity index (χ3n) is 5.35. The lowest BCUT2D eigenvalue weighted by atomic mass is 10.1. The Hall–Kier alpha value is -3.06. The predicted molar refractivity (Wildman–Crippen MR) is 124 cm³/mol. The summed E-state index contributed by atoms with van der Waals surface area (Å²) in [7, 11) is 1.60. The van der Waals surface area contributed by atoms with Gasteiger partial charge in [-0.1, -0.05) is 44.2 Å². The van der Waals surface area contributed by atoms with Crippen molar-refractivity contribution >= 4 is 11.9 Å². The molecule has 1 fully saturated rings. The maximum absolute atomic E-state index is 13.2. The molecule has 1 aliphatic rings. The molecule has 2 aromatic carbocycles. The molecule has 0 radical (unpaired) electrons. The third-order valence-corrected chi connectivity index (χ3v) is 5.35. The van der Waals surface area contributed by atoms with Gasteiger partial charge in [-0.15, -0.1) is 0 Å². The van der Waals surface area contributed by atoms with Crippen LogP contribution in [0.5, 0.6) is 5.75 Å². The number of carbonyl (C=O) groups is 2. The van der Waals surface area contributed by atoms with E-state index in [-0.39, 0.29) is 18.0 Å². The quantitative estimate of drug-likeness (QED) is 0.684. The van der Waals surface area contributed by atoms with Crippen molar-refractivity contribution < 1.29 is 19.1 Å². The number of rotatable bonds is 8. The average molecular weight is 440 g/mol. The number of carbonyl (C=O) groups excluding carboxylic acids is 2. The van der Waals surface area contributed by atoms with Gasteiger partial charge in [0.2, 0.25) is 0 Å². The zero-order chi connectivity index (χ0) is 22.9. The summed E-state index contributed by atoms with van der Waals surface area (Å²) in [6.45, 7) is 7.14. The van der Waals surface area contributed by atoms with Crippen molar-refractivity contribution in [2.45, 2.75) is 26.5 Å². The Morgan fingerprint density at radius 3 is 2.53 bits per heavy atom. The van der Waals surface area contributed by atoms with Gasteiger partial charge in [0.05, 0.1) is 26.4 Å². The number of hydrogen-bond donors (Lipinski definition) is 1. The second-order valence-corrected chi connectivity index (χ2v) is 8.42. The van der Waals surface area contributed by atoms with Crippen molar-refractivity contribution in [2.75, 3.05) is 39.9 Å². The van der Waals surface area contributed by atoms with Crippen molar-refractivity contribution in [1.82, 2.24) is 15.1 Å². The van der Waals surface area contributed by atoms with Crippen LogP contribution in [0, 0.1) is 5.92 Å². The van der Waals surface area contributed by atoms with Crippen LogP contribution < -0.4 is 10.1 Å². The van der Waals surface area contributed by atoms with Gasteiger partial charge >= 0.3 is 6.03 Å². The molecule has 7 nitrogen and oxygen atoms in total. The summed E-state index contributed by atoms with van der Waals surface area (Å²) in [6.07, 6.45) is -0.229. The highest BCUT2D eigenvalue weighted by Crippen LogP contribution is 2.16. The van der Waals surface area contributed by atoms with E-state index >= 15 is 0 Å². The first-order valence-corrected chi connectivity index (χ1v) is 11.1. The number of hydrogen-bond acceptors (Lipinski definition) is 4. The van der Waals surface area contributed by atoms with Crippen LogP contribution in [0.4, 0.5) is 4.79 Å². The van der Waals surface area contributed by atoms with Gasteiger partial charge in [-0.3, -0.25) is 4.79 Å². The van der Waals surface area contributed by atoms with Crippen LogP contribution in [0.1, 0.15) is 29.8 Å². The van der Waals surface area contributed by atoms with Crippen LogP contribution in [-0.4, -0.2) is 67.7 Å². The van der Waals surface area contributed by atoms with E-state index in [4.69, 9.17) is 9.47 Å². The highest BCUT2D eigenvalue weighted by atomic mass is 16.5. The van der Waals surface area contributed by atoms with E-state index in [1.54, 1.807) is 36.3 Å². The largest absolute Gasteiger partial charge is 0.497 e. The summed E-state index contributed by atoms with van der Waals surface area (Å²) in [5.74, 6) is 0.978. The molecule has 0 aromatic heterocycles. The van der Waals surface area contributed by atoms with Crippen LogP contribution in [0.2, 0.25) is 0 Å². The van der Waals surface area contributed by atoms with E-state index in [9.17, 15) is 9.59 Å². The first-order chi connectivity index (χ1) is 15.5. The van der Waals surface area contributed by atoms with Crippen molar-refractivity contribution in [3.8, 4) is 5.75 Å². The van der Waals surface area contributed by atoms with Gasteiger partial charge in [0.15, 0.2) is 0 Å². The van der Waals surface area contributed by atoms with E-state index in [0.29, 0.717) is 56.6 Å². The fourth-order valence-corrected chi connectivity index (χ4v) is 3.74. The van der Waals surface area contributed by atoms with Crippen molar-refractivity contribution in [3.05, 3.63) is 65.7 Å². The van der Waals surface area contributed by atoms with Crippen molar-refractivity contribution in [2.24, 2.45) is 5.92 Å². The summed E-state index contributed by atoms with van der Waals surface area (Å²) in [5, 5.41) is 2.97. The first kappa shape index (κ1) is 23.6. The van der Waals surface area contributed by atoms with Gasteiger partial charge in [-0.2, -0.15) is 0 Å². The second-order valence-electron chi connectivity index (χ2n) is 8.42. The molecule has 0 saturated carbocycles. The fraction of sp³-hybridized carbons (Fsp3) is 0.440. The summed E-state index contributed by atoms with van der Waals surface area (Å²) in [4.78, 5) is 29.4.